The summed E-state index contributed by atoms with van der Waals surface area (Å²) in [5.41, 5.74) is 4.20. The maximum Gasteiger partial charge on any atom is 0.230 e. The minimum Gasteiger partial charge on any atom is -0.381 e. The summed E-state index contributed by atoms with van der Waals surface area (Å²) in [6.45, 7) is 6.30. The van der Waals surface area contributed by atoms with Gasteiger partial charge in [-0.3, -0.25) is 4.79 Å². The van der Waals surface area contributed by atoms with Crippen LogP contribution in [0.5, 0.6) is 0 Å². The van der Waals surface area contributed by atoms with Crippen molar-refractivity contribution in [1.82, 2.24) is 4.98 Å². The third kappa shape index (κ3) is 4.92. The summed E-state index contributed by atoms with van der Waals surface area (Å²) in [5.74, 6) is 1.46. The molecule has 1 N–H and O–H groups in total. The first-order chi connectivity index (χ1) is 16.1. The topological polar surface area (TPSA) is 63.7 Å². The normalized spacial score (nSPS) is 25.1. The van der Waals surface area contributed by atoms with Gasteiger partial charge >= 0.3 is 0 Å². The van der Waals surface area contributed by atoms with Gasteiger partial charge in [0.15, 0.2) is 0 Å². The average Bonchev–Trinajstić information content (AvgIpc) is 3.00. The standard InChI is InChI=1S/C27H35N3O3/c1-18(2)33-23-10-7-19(8-11-23)27(31)30-16-21-5-3-13-28-26(21)29-24-12-9-20(15-25(24)30)22-6-4-14-32-17-22/h3,5,9,12-13,15,18-19,22-23H,4,6-8,10-11,14,16-17H2,1-2H3,(H,28,29)/t19-,22?,23-. The lowest BCUT2D eigenvalue weighted by molar-refractivity contribution is -0.124. The van der Waals surface area contributed by atoms with Crippen LogP contribution in [0.15, 0.2) is 36.5 Å². The van der Waals surface area contributed by atoms with Gasteiger partial charge in [0.1, 0.15) is 5.82 Å². The summed E-state index contributed by atoms with van der Waals surface area (Å²) < 4.78 is 11.8. The Morgan fingerprint density at radius 1 is 1.18 bits per heavy atom. The number of benzene rings is 1. The molecule has 1 saturated carbocycles. The van der Waals surface area contributed by atoms with Crippen LogP contribution in [-0.2, 0) is 20.8 Å². The van der Waals surface area contributed by atoms with E-state index in [1.165, 1.54) is 5.56 Å². The van der Waals surface area contributed by atoms with Gasteiger partial charge in [0.2, 0.25) is 5.91 Å². The number of hydrogen-bond donors (Lipinski definition) is 1. The van der Waals surface area contributed by atoms with Gasteiger partial charge in [-0.25, -0.2) is 4.98 Å². The molecule has 1 aromatic carbocycles. The summed E-state index contributed by atoms with van der Waals surface area (Å²) in [4.78, 5) is 20.5. The summed E-state index contributed by atoms with van der Waals surface area (Å²) in [6.07, 6.45) is 8.17. The minimum absolute atomic E-state index is 0.0322. The van der Waals surface area contributed by atoms with Gasteiger partial charge in [0.25, 0.3) is 0 Å². The fourth-order valence-electron chi connectivity index (χ4n) is 5.44. The van der Waals surface area contributed by atoms with Gasteiger partial charge in [-0.1, -0.05) is 12.1 Å². The number of aromatic nitrogens is 1. The Hall–Kier alpha value is -2.44. The van der Waals surface area contributed by atoms with Crippen LogP contribution in [0.2, 0.25) is 0 Å². The molecular formula is C27H35N3O3. The smallest absolute Gasteiger partial charge is 0.230 e. The van der Waals surface area contributed by atoms with E-state index >= 15 is 0 Å². The maximum atomic E-state index is 13.9. The van der Waals surface area contributed by atoms with Crippen LogP contribution in [-0.4, -0.2) is 36.3 Å². The third-order valence-corrected chi connectivity index (χ3v) is 7.17. The Bertz CT molecular complexity index is 978. The molecule has 33 heavy (non-hydrogen) atoms. The van der Waals surface area contributed by atoms with Crippen molar-refractivity contribution < 1.29 is 14.3 Å². The molecule has 1 unspecified atom stereocenters. The number of pyridine rings is 1. The van der Waals surface area contributed by atoms with Crippen LogP contribution in [0.25, 0.3) is 0 Å². The first-order valence-corrected chi connectivity index (χ1v) is 12.5. The van der Waals surface area contributed by atoms with Crippen LogP contribution >= 0.6 is 0 Å². The van der Waals surface area contributed by atoms with E-state index in [0.29, 0.717) is 12.5 Å². The van der Waals surface area contributed by atoms with Crippen LogP contribution < -0.4 is 10.2 Å². The maximum absolute atomic E-state index is 13.9. The molecule has 176 valence electrons. The van der Waals surface area contributed by atoms with Gasteiger partial charge in [0.05, 0.1) is 36.7 Å². The minimum atomic E-state index is 0.0322. The summed E-state index contributed by atoms with van der Waals surface area (Å²) in [6, 6.07) is 10.5. The number of rotatable bonds is 4. The lowest BCUT2D eigenvalue weighted by Gasteiger charge is -2.33. The summed E-state index contributed by atoms with van der Waals surface area (Å²) >= 11 is 0. The first kappa shape index (κ1) is 22.4. The van der Waals surface area contributed by atoms with Crippen molar-refractivity contribution in [3.63, 3.8) is 0 Å². The molecular weight excluding hydrogens is 414 g/mol. The highest BCUT2D eigenvalue weighted by atomic mass is 16.5. The number of amides is 1. The molecule has 1 aliphatic carbocycles. The molecule has 1 atom stereocenters. The molecule has 1 amide bonds. The lowest BCUT2D eigenvalue weighted by atomic mass is 9.86. The van der Waals surface area contributed by atoms with Gasteiger partial charge in [-0.2, -0.15) is 0 Å². The van der Waals surface area contributed by atoms with E-state index in [9.17, 15) is 4.79 Å². The van der Waals surface area contributed by atoms with Crippen molar-refractivity contribution in [2.75, 3.05) is 23.4 Å². The van der Waals surface area contributed by atoms with Crippen LogP contribution in [0.4, 0.5) is 17.2 Å². The van der Waals surface area contributed by atoms with Crippen LogP contribution in [0, 0.1) is 5.92 Å². The van der Waals surface area contributed by atoms with E-state index in [1.807, 2.05) is 11.0 Å². The number of nitrogens with one attached hydrogen (secondary N) is 1. The Morgan fingerprint density at radius 2 is 2.03 bits per heavy atom. The molecule has 1 aromatic heterocycles. The highest BCUT2D eigenvalue weighted by Crippen LogP contribution is 2.40. The Balaban J connectivity index is 1.43. The molecule has 2 aromatic rings. The highest BCUT2D eigenvalue weighted by molar-refractivity contribution is 5.99. The van der Waals surface area contributed by atoms with Crippen molar-refractivity contribution in [2.45, 2.75) is 77.0 Å². The van der Waals surface area contributed by atoms with Gasteiger partial charge in [-0.15, -0.1) is 0 Å². The van der Waals surface area contributed by atoms with Crippen molar-refractivity contribution in [3.8, 4) is 0 Å². The predicted octanol–water partition coefficient (Wildman–Crippen LogP) is 5.55. The monoisotopic (exact) mass is 449 g/mol. The van der Waals surface area contributed by atoms with E-state index in [1.54, 1.807) is 6.20 Å². The van der Waals surface area contributed by atoms with Crippen molar-refractivity contribution in [2.24, 2.45) is 5.92 Å². The Kier molecular flexibility index (Phi) is 6.65. The molecule has 3 heterocycles. The average molecular weight is 450 g/mol. The second-order valence-electron chi connectivity index (χ2n) is 9.91. The SMILES string of the molecule is CC(C)O[C@H]1CC[C@H](C(=O)N2Cc3cccnc3Nc3ccc(C4CCCOC4)cc32)CC1. The molecule has 5 rings (SSSR count). The number of fused-ring (bicyclic) bond motifs is 2. The fourth-order valence-corrected chi connectivity index (χ4v) is 5.44. The zero-order valence-electron chi connectivity index (χ0n) is 19.8. The molecule has 3 aliphatic rings. The summed E-state index contributed by atoms with van der Waals surface area (Å²) in [7, 11) is 0. The highest BCUT2D eigenvalue weighted by Gasteiger charge is 2.33. The van der Waals surface area contributed by atoms with E-state index in [-0.39, 0.29) is 24.0 Å². The van der Waals surface area contributed by atoms with Gasteiger partial charge in [0, 0.05) is 30.2 Å². The van der Waals surface area contributed by atoms with Gasteiger partial charge < -0.3 is 19.7 Å². The second kappa shape index (κ2) is 9.82. The molecule has 2 fully saturated rings. The largest absolute Gasteiger partial charge is 0.381 e. The molecule has 2 aliphatic heterocycles. The molecule has 6 nitrogen and oxygen atoms in total. The van der Waals surface area contributed by atoms with Crippen LogP contribution in [0.3, 0.4) is 0 Å². The number of ether oxygens (including phenoxy) is 2. The zero-order chi connectivity index (χ0) is 22.8. The predicted molar refractivity (Wildman–Crippen MR) is 130 cm³/mol. The van der Waals surface area contributed by atoms with Crippen molar-refractivity contribution >= 4 is 23.1 Å². The molecule has 1 saturated heterocycles. The number of hydrogen-bond acceptors (Lipinski definition) is 5. The number of anilines is 3. The number of carbonyl (C=O) groups excluding carboxylic acids is 1. The van der Waals surface area contributed by atoms with Gasteiger partial charge in [-0.05, 0) is 76.1 Å². The summed E-state index contributed by atoms with van der Waals surface area (Å²) in [5, 5.41) is 3.49. The lowest BCUT2D eigenvalue weighted by Crippen LogP contribution is -2.38. The van der Waals surface area contributed by atoms with Crippen LogP contribution in [0.1, 0.15) is 69.4 Å². The fraction of sp³-hybridized carbons (Fsp3) is 0.556. The van der Waals surface area contributed by atoms with E-state index in [4.69, 9.17) is 9.47 Å². The third-order valence-electron chi connectivity index (χ3n) is 7.17. The second-order valence-corrected chi connectivity index (χ2v) is 9.91. The number of nitrogens with zero attached hydrogens (tertiary/aromatic N) is 2. The van der Waals surface area contributed by atoms with E-state index in [2.05, 4.69) is 48.4 Å². The molecule has 0 radical (unpaired) electrons. The molecule has 0 spiro atoms. The zero-order valence-corrected chi connectivity index (χ0v) is 19.8. The Labute approximate surface area is 196 Å². The molecule has 6 heteroatoms. The van der Waals surface area contributed by atoms with E-state index < -0.39 is 0 Å². The van der Waals surface area contributed by atoms with E-state index in [0.717, 1.165) is 74.5 Å². The molecule has 0 bridgehead atoms. The van der Waals surface area contributed by atoms with Crippen molar-refractivity contribution in [1.29, 1.82) is 0 Å². The first-order valence-electron chi connectivity index (χ1n) is 12.5. The number of carbonyl (C=O) groups is 1. The Morgan fingerprint density at radius 3 is 2.79 bits per heavy atom. The quantitative estimate of drug-likeness (QED) is 0.663. The van der Waals surface area contributed by atoms with Crippen molar-refractivity contribution in [3.05, 3.63) is 47.7 Å².